The van der Waals surface area contributed by atoms with Crippen molar-refractivity contribution in [2.45, 2.75) is 24.4 Å². The molecule has 0 heterocycles. The number of hydrogen-bond donors (Lipinski definition) is 5. The van der Waals surface area contributed by atoms with Crippen LogP contribution in [0.25, 0.3) is 0 Å². The zero-order chi connectivity index (χ0) is 9.72. The fourth-order valence-electron chi connectivity index (χ4n) is 0.650. The minimum Gasteiger partial charge on any atom is -0.389 e. The average Bonchev–Trinajstić information content (AvgIpc) is 2.12. The molecule has 0 aliphatic heterocycles. The van der Waals surface area contributed by atoms with Gasteiger partial charge in [0.05, 0.1) is 6.10 Å². The summed E-state index contributed by atoms with van der Waals surface area (Å²) < 4.78 is 0. The van der Waals surface area contributed by atoms with Crippen molar-refractivity contribution in [3.05, 3.63) is 0 Å². The molecule has 7 heteroatoms. The molecule has 0 rings (SSSR count). The molecule has 6 nitrogen and oxygen atoms in total. The van der Waals surface area contributed by atoms with Gasteiger partial charge < -0.3 is 31.0 Å². The fraction of sp³-hybridized carbons (Fsp3) is 0.833. The van der Waals surface area contributed by atoms with Gasteiger partial charge in [-0.05, 0) is 0 Å². The van der Waals surface area contributed by atoms with Crippen molar-refractivity contribution in [1.29, 1.82) is 0 Å². The third-order valence-electron chi connectivity index (χ3n) is 1.47. The Labute approximate surface area is 81.4 Å². The van der Waals surface area contributed by atoms with Gasteiger partial charge in [0.1, 0.15) is 18.3 Å². The highest BCUT2D eigenvalue weighted by molar-refractivity contribution is 5.85. The minimum atomic E-state index is -1.71. The van der Waals surface area contributed by atoms with Gasteiger partial charge in [-0.25, -0.2) is 0 Å². The molecule has 0 aliphatic rings. The summed E-state index contributed by atoms with van der Waals surface area (Å²) in [4.78, 5) is 9.93. The van der Waals surface area contributed by atoms with Crippen molar-refractivity contribution < 1.29 is 25.2 Å². The zero-order valence-electron chi connectivity index (χ0n) is 6.78. The highest BCUT2D eigenvalue weighted by Gasteiger charge is 2.29. The van der Waals surface area contributed by atoms with Gasteiger partial charge in [0.15, 0.2) is 6.29 Å². The normalized spacial score (nSPS) is 19.5. The summed E-state index contributed by atoms with van der Waals surface area (Å²) >= 11 is 0. The SMILES string of the molecule is Cl.NC[C@@H](O)[C@@H](O)[C@H](O)[C@@H](O)C=O. The number of aliphatic hydroxyl groups excluding tert-OH is 4. The molecule has 13 heavy (non-hydrogen) atoms. The van der Waals surface area contributed by atoms with E-state index in [1.54, 1.807) is 0 Å². The molecule has 0 aromatic carbocycles. The van der Waals surface area contributed by atoms with Gasteiger partial charge in [0, 0.05) is 6.54 Å². The van der Waals surface area contributed by atoms with Crippen LogP contribution in [-0.4, -0.2) is 57.7 Å². The number of carbonyl (C=O) groups excluding carboxylic acids is 1. The molecular weight excluding hydrogens is 202 g/mol. The summed E-state index contributed by atoms with van der Waals surface area (Å²) in [6, 6.07) is 0. The van der Waals surface area contributed by atoms with Crippen molar-refractivity contribution in [2.24, 2.45) is 5.73 Å². The predicted molar refractivity (Wildman–Crippen MR) is 46.4 cm³/mol. The third kappa shape index (κ3) is 4.51. The Balaban J connectivity index is 0. The van der Waals surface area contributed by atoms with Crippen LogP contribution in [0.3, 0.4) is 0 Å². The lowest BCUT2D eigenvalue weighted by Crippen LogP contribution is -2.47. The van der Waals surface area contributed by atoms with Crippen LogP contribution in [0.1, 0.15) is 0 Å². The van der Waals surface area contributed by atoms with E-state index in [0.717, 1.165) is 0 Å². The topological polar surface area (TPSA) is 124 Å². The van der Waals surface area contributed by atoms with E-state index in [1.807, 2.05) is 0 Å². The van der Waals surface area contributed by atoms with Crippen molar-refractivity contribution in [2.75, 3.05) is 6.54 Å². The molecule has 0 aromatic rings. The van der Waals surface area contributed by atoms with Gasteiger partial charge in [0.25, 0.3) is 0 Å². The first-order valence-electron chi connectivity index (χ1n) is 3.42. The van der Waals surface area contributed by atoms with E-state index >= 15 is 0 Å². The van der Waals surface area contributed by atoms with Gasteiger partial charge in [-0.3, -0.25) is 0 Å². The van der Waals surface area contributed by atoms with E-state index in [2.05, 4.69) is 0 Å². The van der Waals surface area contributed by atoms with Crippen LogP contribution in [0, 0.1) is 0 Å². The van der Waals surface area contributed by atoms with Crippen LogP contribution >= 0.6 is 12.4 Å². The summed E-state index contributed by atoms with van der Waals surface area (Å²) in [6.45, 7) is -0.260. The van der Waals surface area contributed by atoms with Crippen LogP contribution < -0.4 is 5.73 Å². The lowest BCUT2D eigenvalue weighted by atomic mass is 10.0. The molecule has 0 aliphatic carbocycles. The smallest absolute Gasteiger partial charge is 0.151 e. The van der Waals surface area contributed by atoms with Crippen molar-refractivity contribution in [3.63, 3.8) is 0 Å². The monoisotopic (exact) mass is 215 g/mol. The van der Waals surface area contributed by atoms with Crippen molar-refractivity contribution in [3.8, 4) is 0 Å². The van der Waals surface area contributed by atoms with E-state index in [-0.39, 0.29) is 25.2 Å². The van der Waals surface area contributed by atoms with Crippen LogP contribution in [0.15, 0.2) is 0 Å². The number of rotatable bonds is 5. The molecule has 80 valence electrons. The quantitative estimate of drug-likeness (QED) is 0.312. The molecule has 0 spiro atoms. The second-order valence-electron chi connectivity index (χ2n) is 2.41. The number of aliphatic hydroxyl groups is 4. The van der Waals surface area contributed by atoms with E-state index in [4.69, 9.17) is 26.2 Å². The summed E-state index contributed by atoms with van der Waals surface area (Å²) in [5, 5.41) is 35.5. The van der Waals surface area contributed by atoms with E-state index in [0.29, 0.717) is 0 Å². The maximum Gasteiger partial charge on any atom is 0.151 e. The van der Waals surface area contributed by atoms with Crippen LogP contribution in [-0.2, 0) is 4.79 Å². The Morgan fingerprint density at radius 2 is 1.62 bits per heavy atom. The summed E-state index contributed by atoms with van der Waals surface area (Å²) in [5.41, 5.74) is 4.96. The maximum atomic E-state index is 9.93. The standard InChI is InChI=1S/C6H13NO5.ClH/c7-1-3(9)5(11)6(12)4(10)2-8;/h2-6,9-12H,1,7H2;1H/t3-,4+,5-,6-;/m1./s1. The molecule has 0 saturated carbocycles. The summed E-state index contributed by atoms with van der Waals surface area (Å²) in [5.74, 6) is 0. The largest absolute Gasteiger partial charge is 0.389 e. The van der Waals surface area contributed by atoms with Gasteiger partial charge in [-0.15, -0.1) is 12.4 Å². The first-order valence-corrected chi connectivity index (χ1v) is 3.42. The molecule has 4 atom stereocenters. The van der Waals surface area contributed by atoms with Gasteiger partial charge in [-0.1, -0.05) is 0 Å². The molecule has 0 aromatic heterocycles. The van der Waals surface area contributed by atoms with Crippen LogP contribution in [0.5, 0.6) is 0 Å². The zero-order valence-corrected chi connectivity index (χ0v) is 7.59. The first kappa shape index (κ1) is 15.2. The number of aldehydes is 1. The van der Waals surface area contributed by atoms with E-state index in [1.165, 1.54) is 0 Å². The lowest BCUT2D eigenvalue weighted by molar-refractivity contribution is -0.132. The Hall–Kier alpha value is -0.240. The summed E-state index contributed by atoms with van der Waals surface area (Å²) in [6.07, 6.45) is -6.32. The molecule has 0 bridgehead atoms. The van der Waals surface area contributed by atoms with Gasteiger partial charge >= 0.3 is 0 Å². The van der Waals surface area contributed by atoms with Crippen molar-refractivity contribution in [1.82, 2.24) is 0 Å². The molecule has 6 N–H and O–H groups in total. The van der Waals surface area contributed by atoms with Crippen LogP contribution in [0.2, 0.25) is 0 Å². The Kier molecular flexibility index (Phi) is 8.43. The number of nitrogens with two attached hydrogens (primary N) is 1. The molecule has 0 unspecified atom stereocenters. The highest BCUT2D eigenvalue weighted by atomic mass is 35.5. The predicted octanol–water partition coefficient (Wildman–Crippen LogP) is -2.99. The molecule has 0 saturated heterocycles. The molecule has 0 fully saturated rings. The number of halogens is 1. The Bertz CT molecular complexity index is 147. The lowest BCUT2D eigenvalue weighted by Gasteiger charge is -2.22. The maximum absolute atomic E-state index is 9.93. The second kappa shape index (κ2) is 7.19. The number of carbonyl (C=O) groups is 1. The molecule has 0 radical (unpaired) electrons. The second-order valence-corrected chi connectivity index (χ2v) is 2.41. The third-order valence-corrected chi connectivity index (χ3v) is 1.47. The van der Waals surface area contributed by atoms with Gasteiger partial charge in [-0.2, -0.15) is 0 Å². The van der Waals surface area contributed by atoms with Crippen LogP contribution in [0.4, 0.5) is 0 Å². The summed E-state index contributed by atoms with van der Waals surface area (Å²) in [7, 11) is 0. The van der Waals surface area contributed by atoms with Gasteiger partial charge in [0.2, 0.25) is 0 Å². The molecule has 0 amide bonds. The van der Waals surface area contributed by atoms with Crippen molar-refractivity contribution >= 4 is 18.7 Å². The first-order chi connectivity index (χ1) is 5.54. The minimum absolute atomic E-state index is 0. The average molecular weight is 216 g/mol. The Morgan fingerprint density at radius 3 is 1.92 bits per heavy atom. The molecular formula is C6H14ClNO5. The number of hydrogen-bond acceptors (Lipinski definition) is 6. The highest BCUT2D eigenvalue weighted by Crippen LogP contribution is 2.02. The Morgan fingerprint density at radius 1 is 1.15 bits per heavy atom. The van der Waals surface area contributed by atoms with E-state index in [9.17, 15) is 4.79 Å². The van der Waals surface area contributed by atoms with E-state index < -0.39 is 24.4 Å². The fourth-order valence-corrected chi connectivity index (χ4v) is 0.650.